The number of Topliss-reactive ketones (excluding diaryl/α,β-unsaturated/α-hetero) is 1. The quantitative estimate of drug-likeness (QED) is 0.457. The van der Waals surface area contributed by atoms with Gasteiger partial charge in [-0.1, -0.05) is 6.07 Å². The Balaban J connectivity index is 1.50. The van der Waals surface area contributed by atoms with Crippen molar-refractivity contribution in [1.82, 2.24) is 15.3 Å². The lowest BCUT2D eigenvalue weighted by Gasteiger charge is -2.36. The Kier molecular flexibility index (Phi) is 6.70. The molecule has 2 aromatic heterocycles. The van der Waals surface area contributed by atoms with Crippen LogP contribution >= 0.6 is 0 Å². The fourth-order valence-electron chi connectivity index (χ4n) is 4.96. The minimum Gasteiger partial charge on any atom is -0.465 e. The number of pyridine rings is 2. The molecule has 0 bridgehead atoms. The summed E-state index contributed by atoms with van der Waals surface area (Å²) in [6, 6.07) is 4.68. The molecule has 1 atom stereocenters. The zero-order valence-electron chi connectivity index (χ0n) is 19.9. The molecule has 1 aliphatic carbocycles. The van der Waals surface area contributed by atoms with Crippen LogP contribution in [-0.2, 0) is 6.42 Å². The zero-order chi connectivity index (χ0) is 27.0. The van der Waals surface area contributed by atoms with Crippen LogP contribution in [0.15, 0.2) is 36.5 Å². The topological polar surface area (TPSA) is 125 Å². The van der Waals surface area contributed by atoms with E-state index < -0.39 is 40.7 Å². The van der Waals surface area contributed by atoms with Gasteiger partial charge < -0.3 is 20.6 Å². The van der Waals surface area contributed by atoms with E-state index in [1.807, 2.05) is 4.90 Å². The first-order valence-electron chi connectivity index (χ1n) is 11.9. The number of halogens is 3. The van der Waals surface area contributed by atoms with Crippen molar-refractivity contribution in [3.05, 3.63) is 70.9 Å². The third-order valence-electron chi connectivity index (χ3n) is 6.61. The van der Waals surface area contributed by atoms with Gasteiger partial charge in [0.05, 0.1) is 23.1 Å². The van der Waals surface area contributed by atoms with Crippen molar-refractivity contribution in [3.8, 4) is 11.3 Å². The Labute approximate surface area is 214 Å². The van der Waals surface area contributed by atoms with Gasteiger partial charge in [-0.05, 0) is 43.5 Å². The van der Waals surface area contributed by atoms with E-state index in [0.717, 1.165) is 30.3 Å². The number of hydrogen-bond acceptors (Lipinski definition) is 6. The molecule has 1 aromatic carbocycles. The van der Waals surface area contributed by atoms with Gasteiger partial charge in [0.2, 0.25) is 0 Å². The zero-order valence-corrected chi connectivity index (χ0v) is 19.9. The van der Waals surface area contributed by atoms with Gasteiger partial charge in [-0.2, -0.15) is 0 Å². The second-order valence-corrected chi connectivity index (χ2v) is 9.08. The van der Waals surface area contributed by atoms with E-state index in [0.29, 0.717) is 49.3 Å². The third-order valence-corrected chi connectivity index (χ3v) is 6.61. The van der Waals surface area contributed by atoms with Crippen LogP contribution in [0.2, 0.25) is 0 Å². The summed E-state index contributed by atoms with van der Waals surface area (Å²) in [5, 5.41) is 14.3. The van der Waals surface area contributed by atoms with Crippen LogP contribution < -0.4 is 15.5 Å². The molecule has 0 spiro atoms. The number of ketones is 1. The fraction of sp³-hybridized carbons (Fsp3) is 0.269. The Bertz CT molecular complexity index is 1440. The lowest BCUT2D eigenvalue weighted by Crippen LogP contribution is -2.48. The molecule has 12 heteroatoms. The number of carboxylic acid groups (broad SMARTS) is 1. The molecular weight excluding hydrogens is 503 g/mol. The average Bonchev–Trinajstić information content (AvgIpc) is 3.25. The van der Waals surface area contributed by atoms with Crippen LogP contribution in [0.4, 0.5) is 29.3 Å². The first kappa shape index (κ1) is 25.2. The molecule has 0 unspecified atom stereocenters. The minimum absolute atomic E-state index is 0.131. The molecule has 1 fully saturated rings. The molecule has 5 rings (SSSR count). The third kappa shape index (κ3) is 4.76. The van der Waals surface area contributed by atoms with E-state index in [1.165, 1.54) is 6.20 Å². The molecule has 38 heavy (non-hydrogen) atoms. The van der Waals surface area contributed by atoms with Gasteiger partial charge in [0.25, 0.3) is 5.91 Å². The van der Waals surface area contributed by atoms with Crippen LogP contribution in [-0.4, -0.2) is 52.0 Å². The van der Waals surface area contributed by atoms with E-state index >= 15 is 0 Å². The van der Waals surface area contributed by atoms with Gasteiger partial charge in [0.15, 0.2) is 5.78 Å². The number of rotatable bonds is 5. The number of benzene rings is 1. The molecule has 0 saturated carbocycles. The Morgan fingerprint density at radius 2 is 1.79 bits per heavy atom. The molecule has 9 nitrogen and oxygen atoms in total. The SMILES string of the molecule is O=C(O)N[C@H]1CCCN(c2c(NC(=O)c3ccc(F)c(-c4c(F)cccc4F)n3)cnc3c2CCC3=O)C1. The standard InChI is InChI=1S/C26H22F3N5O4/c27-15-4-1-5-16(28)21(15)23-17(29)7-8-18(32-23)25(36)33-19-11-30-22-14(6-9-20(22)35)24(19)34-10-2-3-13(12-34)31-26(37)38/h1,4-5,7-8,11,13,31H,2-3,6,9-10,12H2,(H,33,36)(H,37,38)/t13-/m0/s1. The number of aromatic nitrogens is 2. The maximum Gasteiger partial charge on any atom is 0.404 e. The highest BCUT2D eigenvalue weighted by molar-refractivity contribution is 6.07. The molecule has 196 valence electrons. The summed E-state index contributed by atoms with van der Waals surface area (Å²) in [6.07, 6.45) is 2.15. The molecule has 0 radical (unpaired) electrons. The molecule has 3 aromatic rings. The maximum atomic E-state index is 14.5. The van der Waals surface area contributed by atoms with Crippen molar-refractivity contribution in [2.45, 2.75) is 31.7 Å². The van der Waals surface area contributed by atoms with Crippen molar-refractivity contribution in [2.24, 2.45) is 0 Å². The number of nitrogens with zero attached hydrogens (tertiary/aromatic N) is 3. The Morgan fingerprint density at radius 1 is 1.03 bits per heavy atom. The largest absolute Gasteiger partial charge is 0.465 e. The van der Waals surface area contributed by atoms with Crippen molar-refractivity contribution in [1.29, 1.82) is 0 Å². The number of amides is 2. The molecule has 2 aliphatic rings. The van der Waals surface area contributed by atoms with Gasteiger partial charge >= 0.3 is 6.09 Å². The van der Waals surface area contributed by atoms with Gasteiger partial charge in [-0.15, -0.1) is 0 Å². The van der Waals surface area contributed by atoms with Crippen molar-refractivity contribution < 1.29 is 32.7 Å². The lowest BCUT2D eigenvalue weighted by atomic mass is 10.0. The summed E-state index contributed by atoms with van der Waals surface area (Å²) in [5.74, 6) is -3.98. The number of hydrogen-bond donors (Lipinski definition) is 3. The van der Waals surface area contributed by atoms with Gasteiger partial charge in [-0.3, -0.25) is 14.6 Å². The predicted octanol–water partition coefficient (Wildman–Crippen LogP) is 4.18. The summed E-state index contributed by atoms with van der Waals surface area (Å²) < 4.78 is 43.1. The van der Waals surface area contributed by atoms with Crippen molar-refractivity contribution >= 4 is 29.2 Å². The molecule has 3 N–H and O–H groups in total. The van der Waals surface area contributed by atoms with Crippen LogP contribution in [0.25, 0.3) is 11.3 Å². The summed E-state index contributed by atoms with van der Waals surface area (Å²) in [4.78, 5) is 46.8. The maximum absolute atomic E-state index is 14.5. The number of carbonyl (C=O) groups excluding carboxylic acids is 2. The van der Waals surface area contributed by atoms with Gasteiger partial charge in [0.1, 0.15) is 34.5 Å². The first-order chi connectivity index (χ1) is 18.2. The highest BCUT2D eigenvalue weighted by Gasteiger charge is 2.32. The number of fused-ring (bicyclic) bond motifs is 1. The summed E-state index contributed by atoms with van der Waals surface area (Å²) >= 11 is 0. The summed E-state index contributed by atoms with van der Waals surface area (Å²) in [5.41, 5.74) is 0.106. The molecule has 2 amide bonds. The molecule has 3 heterocycles. The smallest absolute Gasteiger partial charge is 0.404 e. The second-order valence-electron chi connectivity index (χ2n) is 9.08. The normalized spacial score (nSPS) is 16.8. The van der Waals surface area contributed by atoms with Crippen LogP contribution in [0.3, 0.4) is 0 Å². The Morgan fingerprint density at radius 3 is 2.53 bits per heavy atom. The first-order valence-corrected chi connectivity index (χ1v) is 11.9. The highest BCUT2D eigenvalue weighted by atomic mass is 19.1. The predicted molar refractivity (Wildman–Crippen MR) is 131 cm³/mol. The molecule has 1 aliphatic heterocycles. The van der Waals surface area contributed by atoms with Crippen LogP contribution in [0.1, 0.15) is 45.8 Å². The summed E-state index contributed by atoms with van der Waals surface area (Å²) in [6.45, 7) is 0.863. The van der Waals surface area contributed by atoms with Crippen molar-refractivity contribution in [3.63, 3.8) is 0 Å². The highest BCUT2D eigenvalue weighted by Crippen LogP contribution is 2.38. The number of piperidine rings is 1. The summed E-state index contributed by atoms with van der Waals surface area (Å²) in [7, 11) is 0. The van der Waals surface area contributed by atoms with E-state index in [-0.39, 0.29) is 29.6 Å². The van der Waals surface area contributed by atoms with E-state index in [2.05, 4.69) is 20.6 Å². The van der Waals surface area contributed by atoms with E-state index in [1.54, 1.807) is 0 Å². The Hall–Kier alpha value is -4.48. The van der Waals surface area contributed by atoms with Crippen LogP contribution in [0, 0.1) is 17.5 Å². The van der Waals surface area contributed by atoms with E-state index in [4.69, 9.17) is 5.11 Å². The monoisotopic (exact) mass is 525 g/mol. The molecular formula is C26H22F3N5O4. The minimum atomic E-state index is -1.15. The fourth-order valence-corrected chi connectivity index (χ4v) is 4.96. The lowest BCUT2D eigenvalue weighted by molar-refractivity contribution is 0.0988. The van der Waals surface area contributed by atoms with Gasteiger partial charge in [0, 0.05) is 31.1 Å². The number of nitrogens with one attached hydrogen (secondary N) is 2. The average molecular weight is 525 g/mol. The molecule has 1 saturated heterocycles. The number of carbonyl (C=O) groups is 3. The second kappa shape index (κ2) is 10.1. The van der Waals surface area contributed by atoms with Gasteiger partial charge in [-0.25, -0.2) is 22.9 Å². The van der Waals surface area contributed by atoms with Crippen LogP contribution in [0.5, 0.6) is 0 Å². The number of anilines is 2. The van der Waals surface area contributed by atoms with Crippen molar-refractivity contribution in [2.75, 3.05) is 23.3 Å². The van der Waals surface area contributed by atoms with E-state index in [9.17, 15) is 27.6 Å².